The zero-order chi connectivity index (χ0) is 14.3. The molecule has 6 heteroatoms. The van der Waals surface area contributed by atoms with Crippen LogP contribution < -0.4 is 0 Å². The van der Waals surface area contributed by atoms with Gasteiger partial charge in [0.05, 0.1) is 9.85 Å². The van der Waals surface area contributed by atoms with Crippen LogP contribution in [0, 0.1) is 20.2 Å². The van der Waals surface area contributed by atoms with Crippen LogP contribution in [0.5, 0.6) is 0 Å². The number of nitrogens with zero attached hydrogens (tertiary/aromatic N) is 2. The van der Waals surface area contributed by atoms with Gasteiger partial charge in [0, 0.05) is 24.6 Å². The Balaban J connectivity index is 2.91. The summed E-state index contributed by atoms with van der Waals surface area (Å²) in [5.41, 5.74) is 0.511. The summed E-state index contributed by atoms with van der Waals surface area (Å²) in [4.78, 5) is 20.6. The van der Waals surface area contributed by atoms with Gasteiger partial charge in [0.2, 0.25) is 5.70 Å². The maximum absolute atomic E-state index is 10.9. The van der Waals surface area contributed by atoms with Gasteiger partial charge in [0.15, 0.2) is 0 Å². The summed E-state index contributed by atoms with van der Waals surface area (Å²) in [7, 11) is 0. The lowest BCUT2D eigenvalue weighted by Gasteiger charge is -1.99. The predicted molar refractivity (Wildman–Crippen MR) is 72.2 cm³/mol. The van der Waals surface area contributed by atoms with Gasteiger partial charge < -0.3 is 0 Å². The highest BCUT2D eigenvalue weighted by Gasteiger charge is 2.11. The van der Waals surface area contributed by atoms with Gasteiger partial charge in [0.1, 0.15) is 0 Å². The normalized spacial score (nSPS) is 11.3. The Hall–Kier alpha value is -2.24. The molecule has 0 bridgehead atoms. The lowest BCUT2D eigenvalue weighted by molar-refractivity contribution is -0.426. The highest BCUT2D eigenvalue weighted by atomic mass is 16.6. The molecular formula is C13H16N2O4. The third-order valence-corrected chi connectivity index (χ3v) is 2.69. The molecule has 0 aliphatic carbocycles. The maximum atomic E-state index is 10.9. The van der Waals surface area contributed by atoms with Gasteiger partial charge in [-0.05, 0) is 12.0 Å². The number of hydrogen-bond acceptors (Lipinski definition) is 4. The number of benzene rings is 1. The zero-order valence-electron chi connectivity index (χ0n) is 10.7. The second-order valence-corrected chi connectivity index (χ2v) is 4.20. The summed E-state index contributed by atoms with van der Waals surface area (Å²) in [5, 5.41) is 21.6. The first-order valence-electron chi connectivity index (χ1n) is 6.14. The number of unbranched alkanes of at least 4 members (excludes halogenated alkanes) is 2. The summed E-state index contributed by atoms with van der Waals surface area (Å²) in [5.74, 6) is 0. The first-order valence-corrected chi connectivity index (χ1v) is 6.14. The summed E-state index contributed by atoms with van der Waals surface area (Å²) in [6, 6.07) is 5.84. The van der Waals surface area contributed by atoms with Gasteiger partial charge in [-0.15, -0.1) is 0 Å². The van der Waals surface area contributed by atoms with E-state index in [4.69, 9.17) is 0 Å². The number of rotatable bonds is 7. The molecule has 1 aromatic carbocycles. The molecule has 0 amide bonds. The zero-order valence-corrected chi connectivity index (χ0v) is 10.7. The maximum Gasteiger partial charge on any atom is 0.270 e. The van der Waals surface area contributed by atoms with Crippen LogP contribution in [0.25, 0.3) is 6.08 Å². The van der Waals surface area contributed by atoms with Crippen LogP contribution in [0.1, 0.15) is 38.2 Å². The summed E-state index contributed by atoms with van der Waals surface area (Å²) in [6.45, 7) is 2.02. The van der Waals surface area contributed by atoms with Crippen LogP contribution in [0.2, 0.25) is 0 Å². The van der Waals surface area contributed by atoms with E-state index in [1.165, 1.54) is 24.3 Å². The molecular weight excluding hydrogens is 248 g/mol. The number of nitro groups is 2. The minimum atomic E-state index is -0.514. The number of allylic oxidation sites excluding steroid dienone is 1. The lowest BCUT2D eigenvalue weighted by Crippen LogP contribution is -1.99. The molecule has 0 atom stereocenters. The van der Waals surface area contributed by atoms with Crippen molar-refractivity contribution in [2.75, 3.05) is 0 Å². The Morgan fingerprint density at radius 2 is 2.00 bits per heavy atom. The van der Waals surface area contributed by atoms with Crippen molar-refractivity contribution in [3.8, 4) is 0 Å². The van der Waals surface area contributed by atoms with Crippen LogP contribution in [0.4, 0.5) is 5.69 Å². The molecule has 0 aliphatic rings. The van der Waals surface area contributed by atoms with Gasteiger partial charge >= 0.3 is 0 Å². The fourth-order valence-electron chi connectivity index (χ4n) is 1.69. The van der Waals surface area contributed by atoms with E-state index in [0.717, 1.165) is 19.3 Å². The molecule has 0 spiro atoms. The number of hydrogen-bond donors (Lipinski definition) is 0. The molecule has 1 rings (SSSR count). The van der Waals surface area contributed by atoms with E-state index in [1.54, 1.807) is 6.07 Å². The quantitative estimate of drug-likeness (QED) is 0.426. The average molecular weight is 264 g/mol. The summed E-state index contributed by atoms with van der Waals surface area (Å²) in [6.07, 6.45) is 4.45. The van der Waals surface area contributed by atoms with Gasteiger partial charge in [0.25, 0.3) is 5.69 Å². The van der Waals surface area contributed by atoms with Crippen LogP contribution in [0.15, 0.2) is 30.0 Å². The molecule has 0 aliphatic heterocycles. The molecule has 102 valence electrons. The van der Waals surface area contributed by atoms with Crippen molar-refractivity contribution in [2.45, 2.75) is 32.6 Å². The summed E-state index contributed by atoms with van der Waals surface area (Å²) >= 11 is 0. The first-order chi connectivity index (χ1) is 9.04. The van der Waals surface area contributed by atoms with Crippen LogP contribution in [-0.4, -0.2) is 9.85 Å². The monoisotopic (exact) mass is 264 g/mol. The van der Waals surface area contributed by atoms with E-state index >= 15 is 0 Å². The molecule has 19 heavy (non-hydrogen) atoms. The summed E-state index contributed by atoms with van der Waals surface area (Å²) < 4.78 is 0. The molecule has 6 nitrogen and oxygen atoms in total. The van der Waals surface area contributed by atoms with Crippen molar-refractivity contribution in [3.63, 3.8) is 0 Å². The van der Waals surface area contributed by atoms with Crippen molar-refractivity contribution < 1.29 is 9.85 Å². The van der Waals surface area contributed by atoms with E-state index in [0.29, 0.717) is 12.0 Å². The standard InChI is InChI=1S/C13H16N2O4/c1-2-3-4-7-12(14(16)17)9-11-6-5-8-13(10-11)15(18)19/h5-6,8-10H,2-4,7H2,1H3. The van der Waals surface area contributed by atoms with Crippen molar-refractivity contribution >= 4 is 11.8 Å². The van der Waals surface area contributed by atoms with E-state index in [1.807, 2.05) is 6.92 Å². The minimum absolute atomic E-state index is 0.0648. The van der Waals surface area contributed by atoms with Crippen molar-refractivity contribution in [1.29, 1.82) is 0 Å². The Morgan fingerprint density at radius 3 is 2.58 bits per heavy atom. The van der Waals surface area contributed by atoms with Gasteiger partial charge in [-0.3, -0.25) is 20.2 Å². The van der Waals surface area contributed by atoms with Crippen LogP contribution in [0.3, 0.4) is 0 Å². The van der Waals surface area contributed by atoms with E-state index in [-0.39, 0.29) is 11.4 Å². The van der Waals surface area contributed by atoms with E-state index < -0.39 is 9.85 Å². The van der Waals surface area contributed by atoms with Gasteiger partial charge in [-0.1, -0.05) is 31.9 Å². The van der Waals surface area contributed by atoms with Crippen molar-refractivity contribution in [2.24, 2.45) is 0 Å². The second-order valence-electron chi connectivity index (χ2n) is 4.20. The first kappa shape index (κ1) is 14.8. The molecule has 0 saturated carbocycles. The Morgan fingerprint density at radius 1 is 1.26 bits per heavy atom. The molecule has 0 unspecified atom stereocenters. The molecule has 0 aromatic heterocycles. The Bertz CT molecular complexity index is 497. The van der Waals surface area contributed by atoms with Gasteiger partial charge in [-0.25, -0.2) is 0 Å². The molecule has 0 radical (unpaired) electrons. The molecule has 0 saturated heterocycles. The topological polar surface area (TPSA) is 86.3 Å². The molecule has 0 heterocycles. The van der Waals surface area contributed by atoms with Crippen LogP contribution >= 0.6 is 0 Å². The smallest absolute Gasteiger partial charge is 0.259 e. The third kappa shape index (κ3) is 4.87. The lowest BCUT2D eigenvalue weighted by atomic mass is 10.1. The Labute approximate surface area is 111 Å². The number of nitro benzene ring substituents is 1. The fraction of sp³-hybridized carbons (Fsp3) is 0.385. The number of non-ortho nitro benzene ring substituents is 1. The SMILES string of the molecule is CCCCCC(=Cc1cccc([N+](=O)[O-])c1)[N+](=O)[O-]. The van der Waals surface area contributed by atoms with Crippen LogP contribution in [-0.2, 0) is 0 Å². The van der Waals surface area contributed by atoms with Gasteiger partial charge in [-0.2, -0.15) is 0 Å². The molecule has 1 aromatic rings. The van der Waals surface area contributed by atoms with E-state index in [9.17, 15) is 20.2 Å². The Kier molecular flexibility index (Phi) is 5.66. The second kappa shape index (κ2) is 7.25. The molecule has 0 fully saturated rings. The average Bonchev–Trinajstić information content (AvgIpc) is 2.38. The highest BCUT2D eigenvalue weighted by molar-refractivity contribution is 5.54. The largest absolute Gasteiger partial charge is 0.270 e. The predicted octanol–water partition coefficient (Wildman–Crippen LogP) is 3.79. The minimum Gasteiger partial charge on any atom is -0.259 e. The van der Waals surface area contributed by atoms with Crippen molar-refractivity contribution in [1.82, 2.24) is 0 Å². The molecule has 0 N–H and O–H groups in total. The van der Waals surface area contributed by atoms with E-state index in [2.05, 4.69) is 0 Å². The highest BCUT2D eigenvalue weighted by Crippen LogP contribution is 2.18. The third-order valence-electron chi connectivity index (χ3n) is 2.69. The fourth-order valence-corrected chi connectivity index (χ4v) is 1.69. The van der Waals surface area contributed by atoms with Crippen molar-refractivity contribution in [3.05, 3.63) is 55.8 Å².